The highest BCUT2D eigenvalue weighted by Gasteiger charge is 2.08. The van der Waals surface area contributed by atoms with Gasteiger partial charge in [-0.3, -0.25) is 0 Å². The summed E-state index contributed by atoms with van der Waals surface area (Å²) in [5.74, 6) is 6.14. The lowest BCUT2D eigenvalue weighted by atomic mass is 10.2. The smallest absolute Gasteiger partial charge is 0.0248 e. The quantitative estimate of drug-likeness (QED) is 0.504. The zero-order chi connectivity index (χ0) is 8.23. The van der Waals surface area contributed by atoms with Crippen LogP contribution in [0.2, 0.25) is 0 Å². The molecular weight excluding hydrogens is 144 g/mol. The van der Waals surface area contributed by atoms with Crippen molar-refractivity contribution in [1.29, 1.82) is 0 Å². The van der Waals surface area contributed by atoms with Gasteiger partial charge in [-0.1, -0.05) is 35.6 Å². The molecule has 0 N–H and O–H groups in total. The summed E-state index contributed by atoms with van der Waals surface area (Å²) in [4.78, 5) is 0. The minimum atomic E-state index is 1.09. The van der Waals surface area contributed by atoms with Crippen LogP contribution in [0.5, 0.6) is 0 Å². The first-order valence-electron chi connectivity index (χ1n) is 4.20. The van der Waals surface area contributed by atoms with E-state index >= 15 is 0 Å². The summed E-state index contributed by atoms with van der Waals surface area (Å²) in [6, 6.07) is 10.1. The number of rotatable bonds is 0. The van der Waals surface area contributed by atoms with E-state index in [0.717, 1.165) is 5.56 Å². The predicted octanol–water partition coefficient (Wildman–Crippen LogP) is 2.76. The van der Waals surface area contributed by atoms with Crippen LogP contribution in [0.15, 0.2) is 42.0 Å². The van der Waals surface area contributed by atoms with Crippen molar-refractivity contribution in [3.05, 3.63) is 47.5 Å². The summed E-state index contributed by atoms with van der Waals surface area (Å²) in [6.07, 6.45) is 4.54. The molecule has 0 atom stereocenters. The van der Waals surface area contributed by atoms with E-state index in [9.17, 15) is 0 Å². The van der Waals surface area contributed by atoms with Crippen LogP contribution >= 0.6 is 0 Å². The van der Waals surface area contributed by atoms with Gasteiger partial charge >= 0.3 is 0 Å². The molecular formula is C12H10. The van der Waals surface area contributed by atoms with Gasteiger partial charge in [0.05, 0.1) is 0 Å². The summed E-state index contributed by atoms with van der Waals surface area (Å²) >= 11 is 0. The number of hydrogen-bond donors (Lipinski definition) is 0. The monoisotopic (exact) mass is 154 g/mol. The SMILES string of the molecule is C(#Cc1ccccc1)C=C1CC1. The van der Waals surface area contributed by atoms with Gasteiger partial charge in [-0.25, -0.2) is 0 Å². The predicted molar refractivity (Wildman–Crippen MR) is 50.6 cm³/mol. The third kappa shape index (κ3) is 2.00. The molecule has 12 heavy (non-hydrogen) atoms. The fourth-order valence-corrected chi connectivity index (χ4v) is 0.959. The van der Waals surface area contributed by atoms with E-state index in [1.54, 1.807) is 0 Å². The van der Waals surface area contributed by atoms with E-state index < -0.39 is 0 Å². The molecule has 0 unspecified atom stereocenters. The van der Waals surface area contributed by atoms with Crippen molar-refractivity contribution in [2.24, 2.45) is 0 Å². The molecule has 58 valence electrons. The first kappa shape index (κ1) is 7.18. The van der Waals surface area contributed by atoms with E-state index in [-0.39, 0.29) is 0 Å². The van der Waals surface area contributed by atoms with Gasteiger partial charge in [0.2, 0.25) is 0 Å². The van der Waals surface area contributed by atoms with Crippen LogP contribution in [0.4, 0.5) is 0 Å². The fraction of sp³-hybridized carbons (Fsp3) is 0.167. The van der Waals surface area contributed by atoms with Gasteiger partial charge in [0.15, 0.2) is 0 Å². The van der Waals surface area contributed by atoms with Crippen LogP contribution in [-0.4, -0.2) is 0 Å². The van der Waals surface area contributed by atoms with Crippen molar-refractivity contribution in [3.63, 3.8) is 0 Å². The summed E-state index contributed by atoms with van der Waals surface area (Å²) in [7, 11) is 0. The molecule has 1 fully saturated rings. The minimum Gasteiger partial charge on any atom is -0.0697 e. The summed E-state index contributed by atoms with van der Waals surface area (Å²) in [5.41, 5.74) is 2.58. The molecule has 0 amide bonds. The molecule has 0 heteroatoms. The Labute approximate surface area is 72.9 Å². The van der Waals surface area contributed by atoms with Crippen LogP contribution in [0.3, 0.4) is 0 Å². The van der Waals surface area contributed by atoms with Crippen molar-refractivity contribution in [2.45, 2.75) is 12.8 Å². The molecule has 1 aromatic rings. The molecule has 2 rings (SSSR count). The fourth-order valence-electron chi connectivity index (χ4n) is 0.959. The molecule has 1 aliphatic carbocycles. The van der Waals surface area contributed by atoms with Gasteiger partial charge < -0.3 is 0 Å². The molecule has 0 heterocycles. The molecule has 0 bridgehead atoms. The Morgan fingerprint density at radius 2 is 1.83 bits per heavy atom. The van der Waals surface area contributed by atoms with E-state index in [1.165, 1.54) is 18.4 Å². The van der Waals surface area contributed by atoms with Gasteiger partial charge in [-0.15, -0.1) is 0 Å². The number of hydrogen-bond acceptors (Lipinski definition) is 0. The van der Waals surface area contributed by atoms with Gasteiger partial charge in [0, 0.05) is 5.56 Å². The molecule has 0 saturated heterocycles. The number of benzene rings is 1. The zero-order valence-electron chi connectivity index (χ0n) is 6.88. The molecule has 1 saturated carbocycles. The van der Waals surface area contributed by atoms with E-state index in [1.807, 2.05) is 36.4 Å². The van der Waals surface area contributed by atoms with Crippen molar-refractivity contribution < 1.29 is 0 Å². The Balaban J connectivity index is 2.10. The number of allylic oxidation sites excluding steroid dienone is 2. The Bertz CT molecular complexity index is 341. The first-order chi connectivity index (χ1) is 5.95. The van der Waals surface area contributed by atoms with Crippen LogP contribution in [0, 0.1) is 11.8 Å². The van der Waals surface area contributed by atoms with Crippen molar-refractivity contribution >= 4 is 0 Å². The van der Waals surface area contributed by atoms with Crippen LogP contribution < -0.4 is 0 Å². The van der Waals surface area contributed by atoms with Crippen molar-refractivity contribution in [1.82, 2.24) is 0 Å². The second-order valence-electron chi connectivity index (χ2n) is 2.94. The van der Waals surface area contributed by atoms with Crippen LogP contribution in [-0.2, 0) is 0 Å². The second-order valence-corrected chi connectivity index (χ2v) is 2.94. The van der Waals surface area contributed by atoms with Crippen LogP contribution in [0.1, 0.15) is 18.4 Å². The molecule has 0 aromatic heterocycles. The Morgan fingerprint density at radius 1 is 1.08 bits per heavy atom. The van der Waals surface area contributed by atoms with Gasteiger partial charge in [-0.05, 0) is 31.1 Å². The van der Waals surface area contributed by atoms with E-state index in [4.69, 9.17) is 0 Å². The normalized spacial score (nSPS) is 13.2. The van der Waals surface area contributed by atoms with E-state index in [2.05, 4.69) is 11.8 Å². The molecule has 0 aliphatic heterocycles. The van der Waals surface area contributed by atoms with Crippen molar-refractivity contribution in [3.8, 4) is 11.8 Å². The second kappa shape index (κ2) is 3.28. The maximum absolute atomic E-state index is 3.09. The van der Waals surface area contributed by atoms with Gasteiger partial charge in [0.25, 0.3) is 0 Å². The van der Waals surface area contributed by atoms with Crippen molar-refractivity contribution in [2.75, 3.05) is 0 Å². The lowest BCUT2D eigenvalue weighted by Gasteiger charge is -1.84. The maximum atomic E-state index is 3.09. The Morgan fingerprint density at radius 3 is 2.50 bits per heavy atom. The topological polar surface area (TPSA) is 0 Å². The Kier molecular flexibility index (Phi) is 1.96. The van der Waals surface area contributed by atoms with Gasteiger partial charge in [0.1, 0.15) is 0 Å². The lowest BCUT2D eigenvalue weighted by molar-refractivity contribution is 1.50. The highest BCUT2D eigenvalue weighted by atomic mass is 14.1. The highest BCUT2D eigenvalue weighted by molar-refractivity contribution is 5.38. The molecule has 1 aromatic carbocycles. The standard InChI is InChI=1S/C12H10/c1-2-5-11(6-3-1)7-4-8-12-9-10-12/h1-3,5-6,8H,9-10H2. The van der Waals surface area contributed by atoms with Gasteiger partial charge in [-0.2, -0.15) is 0 Å². The zero-order valence-corrected chi connectivity index (χ0v) is 6.88. The first-order valence-corrected chi connectivity index (χ1v) is 4.20. The lowest BCUT2D eigenvalue weighted by Crippen LogP contribution is -1.68. The minimum absolute atomic E-state index is 1.09. The molecule has 1 aliphatic rings. The molecule has 0 radical (unpaired) electrons. The third-order valence-corrected chi connectivity index (χ3v) is 1.81. The highest BCUT2D eigenvalue weighted by Crippen LogP contribution is 2.26. The van der Waals surface area contributed by atoms with E-state index in [0.29, 0.717) is 0 Å². The summed E-state index contributed by atoms with van der Waals surface area (Å²) in [5, 5.41) is 0. The van der Waals surface area contributed by atoms with Crippen LogP contribution in [0.25, 0.3) is 0 Å². The summed E-state index contributed by atoms with van der Waals surface area (Å²) in [6.45, 7) is 0. The third-order valence-electron chi connectivity index (χ3n) is 1.81. The molecule has 0 spiro atoms. The average molecular weight is 154 g/mol. The maximum Gasteiger partial charge on any atom is 0.0248 e. The summed E-state index contributed by atoms with van der Waals surface area (Å²) < 4.78 is 0. The largest absolute Gasteiger partial charge is 0.0697 e. The Hall–Kier alpha value is -1.48. The average Bonchev–Trinajstić information content (AvgIpc) is 2.90. The molecule has 0 nitrogen and oxygen atoms in total.